The fourth-order valence-electron chi connectivity index (χ4n) is 4.02. The molecular formula is C21H25F3N4O4. The summed E-state index contributed by atoms with van der Waals surface area (Å²) in [6, 6.07) is 8.46. The molecule has 11 heteroatoms. The van der Waals surface area contributed by atoms with Gasteiger partial charge in [0.1, 0.15) is 5.82 Å². The third kappa shape index (κ3) is 4.93. The molecule has 3 heterocycles. The standard InChI is InChI=1S/C19H24N4O2.C2HF3O2/c1-12(2)21-9-15-10-22-17(16(15)11-21)20-23(19(25)18(22)24)8-14-6-4-13(3)5-7-14;3-2(4,5)1(6)7/h4-7,12,15-16H,8-11H2,1-3H3;(H,6,7). The summed E-state index contributed by atoms with van der Waals surface area (Å²) in [5, 5.41) is 11.7. The molecular weight excluding hydrogens is 429 g/mol. The largest absolute Gasteiger partial charge is 0.490 e. The normalized spacial score (nSPS) is 20.0. The number of fused-ring (bicyclic) bond motifs is 3. The van der Waals surface area contributed by atoms with Crippen molar-refractivity contribution in [1.82, 2.24) is 19.2 Å². The quantitative estimate of drug-likeness (QED) is 0.711. The predicted octanol–water partition coefficient (Wildman–Crippen LogP) is 1.83. The molecule has 0 saturated carbocycles. The number of hydrogen-bond acceptors (Lipinski definition) is 5. The molecule has 2 aliphatic heterocycles. The number of carboxylic acids is 1. The highest BCUT2D eigenvalue weighted by molar-refractivity contribution is 5.73. The van der Waals surface area contributed by atoms with E-state index in [1.807, 2.05) is 31.2 Å². The maximum Gasteiger partial charge on any atom is 0.490 e. The Hall–Kier alpha value is -2.95. The number of hydrogen-bond donors (Lipinski definition) is 1. The van der Waals surface area contributed by atoms with Gasteiger partial charge in [0.25, 0.3) is 0 Å². The number of aryl methyl sites for hydroxylation is 1. The minimum absolute atomic E-state index is 0.250. The molecule has 1 aromatic carbocycles. The van der Waals surface area contributed by atoms with Gasteiger partial charge < -0.3 is 5.11 Å². The number of likely N-dealkylation sites (tertiary alicyclic amines) is 1. The average molecular weight is 454 g/mol. The number of aliphatic carboxylic acids is 1. The van der Waals surface area contributed by atoms with Gasteiger partial charge in [-0.1, -0.05) is 29.8 Å². The molecule has 174 valence electrons. The van der Waals surface area contributed by atoms with Crippen LogP contribution in [0.15, 0.2) is 33.9 Å². The van der Waals surface area contributed by atoms with Gasteiger partial charge in [-0.25, -0.2) is 9.48 Å². The summed E-state index contributed by atoms with van der Waals surface area (Å²) in [5.74, 6) is -1.34. The van der Waals surface area contributed by atoms with Gasteiger partial charge in [0.05, 0.1) is 6.54 Å². The van der Waals surface area contributed by atoms with Crippen molar-refractivity contribution in [1.29, 1.82) is 0 Å². The van der Waals surface area contributed by atoms with E-state index in [4.69, 9.17) is 9.90 Å². The number of alkyl halides is 3. The number of carbonyl (C=O) groups is 1. The maximum absolute atomic E-state index is 12.5. The summed E-state index contributed by atoms with van der Waals surface area (Å²) < 4.78 is 34.7. The maximum atomic E-state index is 12.5. The van der Waals surface area contributed by atoms with Gasteiger partial charge in [-0.15, -0.1) is 0 Å². The number of halogens is 3. The van der Waals surface area contributed by atoms with Crippen molar-refractivity contribution in [3.8, 4) is 0 Å². The molecule has 0 bridgehead atoms. The summed E-state index contributed by atoms with van der Waals surface area (Å²) in [4.78, 5) is 36.3. The first kappa shape index (κ1) is 23.7. The van der Waals surface area contributed by atoms with Crippen molar-refractivity contribution < 1.29 is 23.1 Å². The third-order valence-electron chi connectivity index (χ3n) is 5.81. The second kappa shape index (κ2) is 8.89. The smallest absolute Gasteiger partial charge is 0.475 e. The number of aromatic nitrogens is 3. The molecule has 0 radical (unpaired) electrons. The van der Waals surface area contributed by atoms with Gasteiger partial charge in [-0.2, -0.15) is 18.3 Å². The van der Waals surface area contributed by atoms with Crippen LogP contribution in [0, 0.1) is 12.8 Å². The summed E-state index contributed by atoms with van der Waals surface area (Å²) in [5.41, 5.74) is 1.20. The molecule has 1 saturated heterocycles. The van der Waals surface area contributed by atoms with E-state index in [1.165, 1.54) is 10.2 Å². The van der Waals surface area contributed by atoms with E-state index in [9.17, 15) is 22.8 Å². The van der Waals surface area contributed by atoms with Gasteiger partial charge in [-0.05, 0) is 26.3 Å². The molecule has 2 unspecified atom stereocenters. The lowest BCUT2D eigenvalue weighted by Gasteiger charge is -2.21. The Morgan fingerprint density at radius 1 is 1.12 bits per heavy atom. The fraction of sp³-hybridized carbons (Fsp3) is 0.524. The van der Waals surface area contributed by atoms with Crippen LogP contribution in [-0.2, 0) is 17.9 Å². The van der Waals surface area contributed by atoms with Crippen LogP contribution in [0.25, 0.3) is 0 Å². The molecule has 0 spiro atoms. The topological polar surface area (TPSA) is 97.4 Å². The fourth-order valence-corrected chi connectivity index (χ4v) is 4.02. The van der Waals surface area contributed by atoms with E-state index in [2.05, 4.69) is 23.8 Å². The Bertz CT molecular complexity index is 1110. The molecule has 2 atom stereocenters. The van der Waals surface area contributed by atoms with Crippen LogP contribution in [0.2, 0.25) is 0 Å². The van der Waals surface area contributed by atoms with Crippen LogP contribution in [0.1, 0.15) is 36.7 Å². The molecule has 1 N–H and O–H groups in total. The zero-order chi connectivity index (χ0) is 23.8. The molecule has 32 heavy (non-hydrogen) atoms. The molecule has 1 aromatic heterocycles. The van der Waals surface area contributed by atoms with Crippen molar-refractivity contribution >= 4 is 5.97 Å². The van der Waals surface area contributed by atoms with Gasteiger partial charge in [0.2, 0.25) is 0 Å². The Morgan fingerprint density at radius 2 is 1.72 bits per heavy atom. The summed E-state index contributed by atoms with van der Waals surface area (Å²) >= 11 is 0. The molecule has 0 aliphatic carbocycles. The highest BCUT2D eigenvalue weighted by Gasteiger charge is 2.43. The second-order valence-corrected chi connectivity index (χ2v) is 8.44. The van der Waals surface area contributed by atoms with Crippen molar-refractivity contribution in [3.05, 3.63) is 61.9 Å². The number of nitrogens with zero attached hydrogens (tertiary/aromatic N) is 4. The highest BCUT2D eigenvalue weighted by Crippen LogP contribution is 2.37. The molecule has 8 nitrogen and oxygen atoms in total. The van der Waals surface area contributed by atoms with Crippen LogP contribution in [-0.4, -0.2) is 55.6 Å². The molecule has 2 aliphatic rings. The van der Waals surface area contributed by atoms with Crippen molar-refractivity contribution in [3.63, 3.8) is 0 Å². The van der Waals surface area contributed by atoms with Crippen LogP contribution in [0.5, 0.6) is 0 Å². The van der Waals surface area contributed by atoms with Crippen molar-refractivity contribution in [2.75, 3.05) is 13.1 Å². The second-order valence-electron chi connectivity index (χ2n) is 8.44. The Morgan fingerprint density at radius 3 is 2.25 bits per heavy atom. The minimum Gasteiger partial charge on any atom is -0.475 e. The lowest BCUT2D eigenvalue weighted by molar-refractivity contribution is -0.192. The predicted molar refractivity (Wildman–Crippen MR) is 110 cm³/mol. The summed E-state index contributed by atoms with van der Waals surface area (Å²) in [6.45, 7) is 9.26. The monoisotopic (exact) mass is 454 g/mol. The molecule has 2 aromatic rings. The Balaban J connectivity index is 0.000000360. The SMILES string of the molecule is Cc1ccc(Cn2nc3n(c(=O)c2=O)CC2CN(C(C)C)CC32)cc1.O=C(O)C(F)(F)F. The third-order valence-corrected chi connectivity index (χ3v) is 5.81. The average Bonchev–Trinajstić information content (AvgIpc) is 3.26. The van der Waals surface area contributed by atoms with E-state index in [0.29, 0.717) is 25.0 Å². The van der Waals surface area contributed by atoms with Crippen LogP contribution < -0.4 is 11.1 Å². The first-order chi connectivity index (χ1) is 14.9. The van der Waals surface area contributed by atoms with E-state index in [-0.39, 0.29) is 5.92 Å². The van der Waals surface area contributed by atoms with E-state index < -0.39 is 23.3 Å². The first-order valence-electron chi connectivity index (χ1n) is 10.2. The van der Waals surface area contributed by atoms with Crippen LogP contribution in [0.4, 0.5) is 13.2 Å². The lowest BCUT2D eigenvalue weighted by atomic mass is 10.00. The van der Waals surface area contributed by atoms with Gasteiger partial charge >= 0.3 is 23.3 Å². The van der Waals surface area contributed by atoms with Gasteiger partial charge in [0, 0.05) is 37.5 Å². The van der Waals surface area contributed by atoms with Gasteiger partial charge in [0.15, 0.2) is 0 Å². The molecule has 1 fully saturated rings. The number of rotatable bonds is 3. The van der Waals surface area contributed by atoms with Crippen LogP contribution in [0.3, 0.4) is 0 Å². The summed E-state index contributed by atoms with van der Waals surface area (Å²) in [7, 11) is 0. The summed E-state index contributed by atoms with van der Waals surface area (Å²) in [6.07, 6.45) is -5.08. The van der Waals surface area contributed by atoms with Gasteiger partial charge in [-0.3, -0.25) is 19.1 Å². The Labute approximate surface area is 181 Å². The Kier molecular flexibility index (Phi) is 6.59. The zero-order valence-corrected chi connectivity index (χ0v) is 18.0. The zero-order valence-electron chi connectivity index (χ0n) is 18.0. The molecule has 0 amide bonds. The number of benzene rings is 1. The first-order valence-corrected chi connectivity index (χ1v) is 10.2. The van der Waals surface area contributed by atoms with Crippen molar-refractivity contribution in [2.24, 2.45) is 5.92 Å². The highest BCUT2D eigenvalue weighted by atomic mass is 19.4. The van der Waals surface area contributed by atoms with E-state index in [0.717, 1.165) is 24.5 Å². The number of carboxylic acid groups (broad SMARTS) is 1. The molecule has 4 rings (SSSR count). The lowest BCUT2D eigenvalue weighted by Crippen LogP contribution is -2.44. The minimum atomic E-state index is -5.08. The van der Waals surface area contributed by atoms with E-state index >= 15 is 0 Å². The van der Waals surface area contributed by atoms with Crippen molar-refractivity contribution in [2.45, 2.75) is 52.0 Å². The van der Waals surface area contributed by atoms with Crippen LogP contribution >= 0.6 is 0 Å². The van der Waals surface area contributed by atoms with E-state index in [1.54, 1.807) is 4.57 Å².